The molecule has 0 radical (unpaired) electrons. The fourth-order valence-corrected chi connectivity index (χ4v) is 2.84. The highest BCUT2D eigenvalue weighted by atomic mass is 19.1. The summed E-state index contributed by atoms with van der Waals surface area (Å²) in [5.41, 5.74) is 1.89. The fraction of sp³-hybridized carbons (Fsp3) is 0.333. The molecule has 1 fully saturated rings. The molecule has 4 heteroatoms. The Morgan fingerprint density at radius 2 is 1.41 bits per heavy atom. The molecule has 0 N–H and O–H groups in total. The minimum Gasteiger partial charge on any atom is -0.297 e. The third kappa shape index (κ3) is 3.90. The molecule has 0 aliphatic carbocycles. The molecule has 1 aliphatic rings. The molecule has 0 bridgehead atoms. The van der Waals surface area contributed by atoms with Gasteiger partial charge in [-0.25, -0.2) is 8.78 Å². The Morgan fingerprint density at radius 3 is 2.05 bits per heavy atom. The molecule has 0 atom stereocenters. The zero-order valence-electron chi connectivity index (χ0n) is 12.5. The van der Waals surface area contributed by atoms with Gasteiger partial charge >= 0.3 is 0 Å². The highest BCUT2D eigenvalue weighted by Crippen LogP contribution is 2.14. The van der Waals surface area contributed by atoms with E-state index >= 15 is 0 Å². The molecule has 2 nitrogen and oxygen atoms in total. The van der Waals surface area contributed by atoms with Gasteiger partial charge in [-0.1, -0.05) is 36.4 Å². The first-order valence-electron chi connectivity index (χ1n) is 7.63. The van der Waals surface area contributed by atoms with Crippen LogP contribution in [0.3, 0.4) is 0 Å². The van der Waals surface area contributed by atoms with Crippen LogP contribution in [-0.4, -0.2) is 36.0 Å². The van der Waals surface area contributed by atoms with Crippen molar-refractivity contribution < 1.29 is 8.78 Å². The maximum absolute atomic E-state index is 13.7. The topological polar surface area (TPSA) is 6.48 Å². The summed E-state index contributed by atoms with van der Waals surface area (Å²) in [6.07, 6.45) is 0. The predicted octanol–water partition coefficient (Wildman–Crippen LogP) is 3.28. The normalized spacial score (nSPS) is 16.8. The van der Waals surface area contributed by atoms with Crippen LogP contribution >= 0.6 is 0 Å². The van der Waals surface area contributed by atoms with Crippen molar-refractivity contribution in [1.29, 1.82) is 0 Å². The van der Waals surface area contributed by atoms with E-state index in [9.17, 15) is 8.78 Å². The van der Waals surface area contributed by atoms with E-state index in [1.807, 2.05) is 6.07 Å². The molecule has 0 saturated carbocycles. The summed E-state index contributed by atoms with van der Waals surface area (Å²) in [5, 5.41) is 0. The monoisotopic (exact) mass is 302 g/mol. The number of piperazine rings is 1. The van der Waals surface area contributed by atoms with Crippen LogP contribution in [-0.2, 0) is 13.1 Å². The van der Waals surface area contributed by atoms with E-state index < -0.39 is 11.6 Å². The van der Waals surface area contributed by atoms with E-state index in [1.54, 1.807) is 6.07 Å². The van der Waals surface area contributed by atoms with Gasteiger partial charge in [0.25, 0.3) is 0 Å². The molecular formula is C18H20F2N2. The maximum atomic E-state index is 13.7. The summed E-state index contributed by atoms with van der Waals surface area (Å²) in [6, 6.07) is 14.2. The van der Waals surface area contributed by atoms with Gasteiger partial charge in [-0.3, -0.25) is 9.80 Å². The molecular weight excluding hydrogens is 282 g/mol. The largest absolute Gasteiger partial charge is 0.297 e. The molecule has 116 valence electrons. The summed E-state index contributed by atoms with van der Waals surface area (Å²) in [5.74, 6) is -0.972. The average molecular weight is 302 g/mol. The van der Waals surface area contributed by atoms with E-state index in [4.69, 9.17) is 0 Å². The number of benzene rings is 2. The van der Waals surface area contributed by atoms with Gasteiger partial charge < -0.3 is 0 Å². The van der Waals surface area contributed by atoms with Crippen molar-refractivity contribution in [3.8, 4) is 0 Å². The SMILES string of the molecule is Fc1ccc(CN2CCN(Cc3ccccc3)CC2)c(F)c1. The molecule has 0 unspecified atom stereocenters. The number of hydrogen-bond donors (Lipinski definition) is 0. The molecule has 0 aromatic heterocycles. The lowest BCUT2D eigenvalue weighted by atomic mass is 10.1. The maximum Gasteiger partial charge on any atom is 0.130 e. The highest BCUT2D eigenvalue weighted by molar-refractivity contribution is 5.18. The van der Waals surface area contributed by atoms with Gasteiger partial charge in [-0.05, 0) is 11.6 Å². The number of hydrogen-bond acceptors (Lipinski definition) is 2. The summed E-state index contributed by atoms with van der Waals surface area (Å²) < 4.78 is 26.6. The van der Waals surface area contributed by atoms with Crippen molar-refractivity contribution in [2.24, 2.45) is 0 Å². The molecule has 0 amide bonds. The second kappa shape index (κ2) is 6.99. The van der Waals surface area contributed by atoms with Crippen LogP contribution in [0.1, 0.15) is 11.1 Å². The molecule has 1 saturated heterocycles. The lowest BCUT2D eigenvalue weighted by Crippen LogP contribution is -2.45. The molecule has 2 aromatic rings. The van der Waals surface area contributed by atoms with Crippen LogP contribution in [0.15, 0.2) is 48.5 Å². The third-order valence-electron chi connectivity index (χ3n) is 4.12. The van der Waals surface area contributed by atoms with Crippen LogP contribution in [0.2, 0.25) is 0 Å². The van der Waals surface area contributed by atoms with Gasteiger partial charge in [-0.15, -0.1) is 0 Å². The summed E-state index contributed by atoms with van der Waals surface area (Å²) >= 11 is 0. The average Bonchev–Trinajstić information content (AvgIpc) is 2.53. The molecule has 1 aliphatic heterocycles. The van der Waals surface area contributed by atoms with Crippen LogP contribution in [0, 0.1) is 11.6 Å². The molecule has 0 spiro atoms. The number of nitrogens with zero attached hydrogens (tertiary/aromatic N) is 2. The van der Waals surface area contributed by atoms with Gasteiger partial charge in [0.05, 0.1) is 0 Å². The standard InChI is InChI=1S/C18H20F2N2/c19-17-7-6-16(18(20)12-17)14-22-10-8-21(9-11-22)13-15-4-2-1-3-5-15/h1-7,12H,8-11,13-14H2. The van der Waals surface area contributed by atoms with Crippen molar-refractivity contribution in [1.82, 2.24) is 9.80 Å². The minimum atomic E-state index is -0.520. The Morgan fingerprint density at radius 1 is 0.773 bits per heavy atom. The highest BCUT2D eigenvalue weighted by Gasteiger charge is 2.18. The Hall–Kier alpha value is -1.78. The van der Waals surface area contributed by atoms with Crippen molar-refractivity contribution in [3.63, 3.8) is 0 Å². The minimum absolute atomic E-state index is 0.452. The summed E-state index contributed by atoms with van der Waals surface area (Å²) in [4.78, 5) is 4.63. The summed E-state index contributed by atoms with van der Waals surface area (Å²) in [6.45, 7) is 5.26. The number of halogens is 2. The lowest BCUT2D eigenvalue weighted by Gasteiger charge is -2.34. The fourth-order valence-electron chi connectivity index (χ4n) is 2.84. The molecule has 1 heterocycles. The quantitative estimate of drug-likeness (QED) is 0.855. The molecule has 2 aromatic carbocycles. The van der Waals surface area contributed by atoms with Crippen molar-refractivity contribution in [3.05, 3.63) is 71.3 Å². The van der Waals surface area contributed by atoms with E-state index in [0.717, 1.165) is 38.8 Å². The third-order valence-corrected chi connectivity index (χ3v) is 4.12. The second-order valence-corrected chi connectivity index (χ2v) is 5.77. The van der Waals surface area contributed by atoms with Crippen molar-refractivity contribution in [2.75, 3.05) is 26.2 Å². The molecule has 22 heavy (non-hydrogen) atoms. The van der Waals surface area contributed by atoms with Gasteiger partial charge in [0.15, 0.2) is 0 Å². The van der Waals surface area contributed by atoms with Crippen LogP contribution < -0.4 is 0 Å². The van der Waals surface area contributed by atoms with Gasteiger partial charge in [-0.2, -0.15) is 0 Å². The first kappa shape index (κ1) is 15.1. The van der Waals surface area contributed by atoms with Gasteiger partial charge in [0, 0.05) is 50.9 Å². The van der Waals surface area contributed by atoms with Crippen LogP contribution in [0.5, 0.6) is 0 Å². The van der Waals surface area contributed by atoms with E-state index in [-0.39, 0.29) is 0 Å². The Bertz CT molecular complexity index is 608. The predicted molar refractivity (Wildman–Crippen MR) is 83.4 cm³/mol. The van der Waals surface area contributed by atoms with E-state index in [1.165, 1.54) is 11.6 Å². The van der Waals surface area contributed by atoms with Crippen molar-refractivity contribution >= 4 is 0 Å². The Labute approximate surface area is 130 Å². The van der Waals surface area contributed by atoms with Gasteiger partial charge in [0.1, 0.15) is 11.6 Å². The van der Waals surface area contributed by atoms with Crippen LogP contribution in [0.25, 0.3) is 0 Å². The van der Waals surface area contributed by atoms with Gasteiger partial charge in [0.2, 0.25) is 0 Å². The first-order valence-corrected chi connectivity index (χ1v) is 7.63. The lowest BCUT2D eigenvalue weighted by molar-refractivity contribution is 0.121. The molecule has 3 rings (SSSR count). The Kier molecular flexibility index (Phi) is 4.80. The first-order chi connectivity index (χ1) is 10.7. The van der Waals surface area contributed by atoms with E-state index in [2.05, 4.69) is 34.1 Å². The summed E-state index contributed by atoms with van der Waals surface area (Å²) in [7, 11) is 0. The van der Waals surface area contributed by atoms with Crippen LogP contribution in [0.4, 0.5) is 8.78 Å². The second-order valence-electron chi connectivity index (χ2n) is 5.77. The van der Waals surface area contributed by atoms with E-state index in [0.29, 0.717) is 12.1 Å². The van der Waals surface area contributed by atoms with Crippen molar-refractivity contribution in [2.45, 2.75) is 13.1 Å². The number of rotatable bonds is 4. The smallest absolute Gasteiger partial charge is 0.130 e. The Balaban J connectivity index is 1.51. The zero-order valence-corrected chi connectivity index (χ0v) is 12.5. The zero-order chi connectivity index (χ0) is 15.4.